The molecule has 8 heteroatoms. The van der Waals surface area contributed by atoms with Crippen molar-refractivity contribution in [3.05, 3.63) is 52.1 Å². The number of hydrogen-bond acceptors (Lipinski definition) is 4. The quantitative estimate of drug-likeness (QED) is 0.578. The largest absolute Gasteiger partial charge is 0.497 e. The van der Waals surface area contributed by atoms with Gasteiger partial charge in [-0.2, -0.15) is 0 Å². The molecule has 0 aliphatic rings. The highest BCUT2D eigenvalue weighted by Crippen LogP contribution is 2.23. The predicted octanol–water partition coefficient (Wildman–Crippen LogP) is 3.48. The minimum absolute atomic E-state index is 0.148. The van der Waals surface area contributed by atoms with Gasteiger partial charge in [0.2, 0.25) is 15.9 Å². The van der Waals surface area contributed by atoms with Crippen molar-refractivity contribution in [2.45, 2.75) is 12.8 Å². The van der Waals surface area contributed by atoms with Crippen LogP contribution in [-0.4, -0.2) is 34.2 Å². The maximum absolute atomic E-state index is 12.1. The molecule has 0 heterocycles. The Bertz CT molecular complexity index is 854. The fourth-order valence-electron chi connectivity index (χ4n) is 2.39. The average molecular weight is 488 g/mol. The Labute approximate surface area is 167 Å². The van der Waals surface area contributed by atoms with Gasteiger partial charge in [0.15, 0.2) is 0 Å². The first-order chi connectivity index (χ1) is 12.3. The van der Waals surface area contributed by atoms with Crippen LogP contribution in [0.3, 0.4) is 0 Å². The van der Waals surface area contributed by atoms with Crippen LogP contribution in [0.5, 0.6) is 5.75 Å². The molecule has 6 nitrogen and oxygen atoms in total. The van der Waals surface area contributed by atoms with Crippen molar-refractivity contribution in [1.82, 2.24) is 0 Å². The molecule has 0 aliphatic carbocycles. The summed E-state index contributed by atoms with van der Waals surface area (Å²) in [6.07, 6.45) is 1.78. The van der Waals surface area contributed by atoms with E-state index in [2.05, 4.69) is 27.9 Å². The molecule has 0 aromatic heterocycles. The summed E-state index contributed by atoms with van der Waals surface area (Å²) >= 11 is 2.19. The number of hydrogen-bond donors (Lipinski definition) is 1. The van der Waals surface area contributed by atoms with Gasteiger partial charge in [0.1, 0.15) is 5.75 Å². The van der Waals surface area contributed by atoms with E-state index in [0.717, 1.165) is 15.5 Å². The molecule has 1 amide bonds. The van der Waals surface area contributed by atoms with Crippen molar-refractivity contribution in [3.63, 3.8) is 0 Å². The number of halogens is 1. The first-order valence-electron chi connectivity index (χ1n) is 7.97. The van der Waals surface area contributed by atoms with Crippen LogP contribution < -0.4 is 14.4 Å². The summed E-state index contributed by atoms with van der Waals surface area (Å²) in [5, 5.41) is 2.81. The number of nitrogens with zero attached hydrogens (tertiary/aromatic N) is 1. The van der Waals surface area contributed by atoms with Crippen molar-refractivity contribution in [3.8, 4) is 5.75 Å². The number of carbonyl (C=O) groups excluding carboxylic acids is 1. The molecule has 2 aromatic carbocycles. The summed E-state index contributed by atoms with van der Waals surface area (Å²) in [5.74, 6) is 0.429. The van der Waals surface area contributed by atoms with Crippen LogP contribution in [0.25, 0.3) is 0 Å². The Morgan fingerprint density at radius 3 is 2.50 bits per heavy atom. The van der Waals surface area contributed by atoms with E-state index < -0.39 is 10.0 Å². The highest BCUT2D eigenvalue weighted by Gasteiger charge is 2.18. The minimum atomic E-state index is -3.46. The molecular formula is C18H21IN2O4S. The third-order valence-electron chi connectivity index (χ3n) is 3.63. The maximum atomic E-state index is 12.1. The van der Waals surface area contributed by atoms with Crippen LogP contribution in [0.1, 0.15) is 12.8 Å². The number of carbonyl (C=O) groups is 1. The van der Waals surface area contributed by atoms with Gasteiger partial charge in [-0.3, -0.25) is 9.10 Å². The molecule has 0 saturated carbocycles. The van der Waals surface area contributed by atoms with Crippen molar-refractivity contribution in [1.29, 1.82) is 0 Å². The lowest BCUT2D eigenvalue weighted by Crippen LogP contribution is -2.31. The summed E-state index contributed by atoms with van der Waals surface area (Å²) in [5.41, 5.74) is 1.24. The SMILES string of the molecule is COc1cccc(N(CCCC(=O)Nc2ccc(I)cc2)S(C)(=O)=O)c1. The third-order valence-corrected chi connectivity index (χ3v) is 5.55. The predicted molar refractivity (Wildman–Crippen MR) is 112 cm³/mol. The molecule has 0 atom stereocenters. The van der Waals surface area contributed by atoms with Gasteiger partial charge >= 0.3 is 0 Å². The molecule has 2 aromatic rings. The molecule has 0 spiro atoms. The normalized spacial score (nSPS) is 11.0. The van der Waals surface area contributed by atoms with E-state index in [9.17, 15) is 13.2 Å². The van der Waals surface area contributed by atoms with Crippen LogP contribution in [0.2, 0.25) is 0 Å². The van der Waals surface area contributed by atoms with Gasteiger partial charge in [-0.25, -0.2) is 8.42 Å². The van der Waals surface area contributed by atoms with Gasteiger partial charge in [0.05, 0.1) is 19.1 Å². The highest BCUT2D eigenvalue weighted by molar-refractivity contribution is 14.1. The topological polar surface area (TPSA) is 75.7 Å². The second-order valence-electron chi connectivity index (χ2n) is 5.70. The molecule has 0 aliphatic heterocycles. The number of anilines is 2. The monoisotopic (exact) mass is 488 g/mol. The lowest BCUT2D eigenvalue weighted by molar-refractivity contribution is -0.116. The maximum Gasteiger partial charge on any atom is 0.232 e. The molecule has 26 heavy (non-hydrogen) atoms. The molecule has 0 radical (unpaired) electrons. The molecule has 140 valence electrons. The van der Waals surface area contributed by atoms with Gasteiger partial charge < -0.3 is 10.1 Å². The first-order valence-corrected chi connectivity index (χ1v) is 10.9. The molecule has 0 fully saturated rings. The Kier molecular flexibility index (Phi) is 7.27. The Morgan fingerprint density at radius 1 is 1.19 bits per heavy atom. The molecular weight excluding hydrogens is 467 g/mol. The number of rotatable bonds is 8. The van der Waals surface area contributed by atoms with Crippen LogP contribution >= 0.6 is 22.6 Å². The number of benzene rings is 2. The fourth-order valence-corrected chi connectivity index (χ4v) is 3.71. The first kappa shape index (κ1) is 20.5. The van der Waals surface area contributed by atoms with Crippen molar-refractivity contribution < 1.29 is 17.9 Å². The zero-order chi connectivity index (χ0) is 19.2. The van der Waals surface area contributed by atoms with Crippen molar-refractivity contribution in [2.24, 2.45) is 0 Å². The second-order valence-corrected chi connectivity index (χ2v) is 8.85. The van der Waals surface area contributed by atoms with Crippen molar-refractivity contribution >= 4 is 49.9 Å². The van der Waals surface area contributed by atoms with Gasteiger partial charge in [-0.1, -0.05) is 6.07 Å². The van der Waals surface area contributed by atoms with Crippen LogP contribution in [-0.2, 0) is 14.8 Å². The summed E-state index contributed by atoms with van der Waals surface area (Å²) in [6, 6.07) is 14.3. The summed E-state index contributed by atoms with van der Waals surface area (Å²) in [7, 11) is -1.93. The van der Waals surface area contributed by atoms with Gasteiger partial charge in [0, 0.05) is 28.3 Å². The Hall–Kier alpha value is -1.81. The van der Waals surface area contributed by atoms with E-state index in [1.165, 1.54) is 11.4 Å². The summed E-state index contributed by atoms with van der Waals surface area (Å²) in [6.45, 7) is 0.214. The van der Waals surface area contributed by atoms with Crippen LogP contribution in [0.15, 0.2) is 48.5 Å². The number of ether oxygens (including phenoxy) is 1. The lowest BCUT2D eigenvalue weighted by atomic mass is 10.2. The molecule has 0 unspecified atom stereocenters. The van der Waals surface area contributed by atoms with E-state index >= 15 is 0 Å². The van der Waals surface area contributed by atoms with E-state index in [1.807, 2.05) is 24.3 Å². The van der Waals surface area contributed by atoms with Gasteiger partial charge in [-0.05, 0) is 65.4 Å². The summed E-state index contributed by atoms with van der Waals surface area (Å²) in [4.78, 5) is 12.1. The van der Waals surface area contributed by atoms with E-state index in [-0.39, 0.29) is 18.9 Å². The summed E-state index contributed by atoms with van der Waals surface area (Å²) < 4.78 is 31.7. The van der Waals surface area contributed by atoms with Crippen molar-refractivity contribution in [2.75, 3.05) is 29.5 Å². The Balaban J connectivity index is 1.97. The molecule has 2 rings (SSSR count). The van der Waals surface area contributed by atoms with Gasteiger partial charge in [-0.15, -0.1) is 0 Å². The minimum Gasteiger partial charge on any atom is -0.497 e. The average Bonchev–Trinajstić information content (AvgIpc) is 2.59. The van der Waals surface area contributed by atoms with Crippen LogP contribution in [0.4, 0.5) is 11.4 Å². The van der Waals surface area contributed by atoms with Gasteiger partial charge in [0.25, 0.3) is 0 Å². The number of methoxy groups -OCH3 is 1. The number of nitrogens with one attached hydrogen (secondary N) is 1. The smallest absolute Gasteiger partial charge is 0.232 e. The van der Waals surface area contributed by atoms with E-state index in [1.54, 1.807) is 24.3 Å². The Morgan fingerprint density at radius 2 is 1.88 bits per heavy atom. The van der Waals surface area contributed by atoms with E-state index in [0.29, 0.717) is 17.9 Å². The lowest BCUT2D eigenvalue weighted by Gasteiger charge is -2.22. The van der Waals surface area contributed by atoms with E-state index in [4.69, 9.17) is 4.74 Å². The zero-order valence-corrected chi connectivity index (χ0v) is 17.6. The zero-order valence-electron chi connectivity index (χ0n) is 14.6. The van der Waals surface area contributed by atoms with Crippen LogP contribution in [0, 0.1) is 3.57 Å². The third kappa shape index (κ3) is 6.17. The number of amides is 1. The standard InChI is InChI=1S/C18H21IN2O4S/c1-25-17-6-3-5-16(13-17)21(26(2,23)24)12-4-7-18(22)20-15-10-8-14(19)9-11-15/h3,5-6,8-11,13H,4,7,12H2,1-2H3,(H,20,22). The fraction of sp³-hybridized carbons (Fsp3) is 0.278. The molecule has 1 N–H and O–H groups in total. The number of sulfonamides is 1. The molecule has 0 saturated heterocycles. The molecule has 0 bridgehead atoms. The highest BCUT2D eigenvalue weighted by atomic mass is 127. The second kappa shape index (κ2) is 9.22.